The second kappa shape index (κ2) is 6.43. The highest BCUT2D eigenvalue weighted by molar-refractivity contribution is 6.28. The van der Waals surface area contributed by atoms with Crippen LogP contribution in [0.2, 0.25) is 0 Å². The van der Waals surface area contributed by atoms with Crippen LogP contribution in [-0.4, -0.2) is 29.3 Å². The van der Waals surface area contributed by atoms with Gasteiger partial charge in [0.05, 0.1) is 6.04 Å². The number of benzene rings is 2. The van der Waals surface area contributed by atoms with E-state index < -0.39 is 6.04 Å². The molecule has 0 bridgehead atoms. The Morgan fingerprint density at radius 1 is 0.880 bits per heavy atom. The first-order valence-electron chi connectivity index (χ1n) is 7.97. The molecule has 0 radical (unpaired) electrons. The van der Waals surface area contributed by atoms with E-state index in [1.54, 1.807) is 42.5 Å². The molecule has 5 heteroatoms. The molecule has 0 saturated heterocycles. The van der Waals surface area contributed by atoms with Crippen LogP contribution in [0.4, 0.5) is 0 Å². The third-order valence-corrected chi connectivity index (χ3v) is 4.30. The molecule has 1 atom stereocenters. The highest BCUT2D eigenvalue weighted by Crippen LogP contribution is 2.28. The molecule has 0 heterocycles. The molecule has 25 heavy (non-hydrogen) atoms. The predicted octanol–water partition coefficient (Wildman–Crippen LogP) is 2.10. The quantitative estimate of drug-likeness (QED) is 0.792. The summed E-state index contributed by atoms with van der Waals surface area (Å²) >= 11 is 0. The molecule has 2 aromatic rings. The van der Waals surface area contributed by atoms with Gasteiger partial charge in [-0.05, 0) is 25.0 Å². The van der Waals surface area contributed by atoms with Crippen LogP contribution in [0.15, 0.2) is 42.5 Å². The molecule has 0 saturated carbocycles. The first-order valence-corrected chi connectivity index (χ1v) is 7.97. The Hall–Kier alpha value is -3.08. The SMILES string of the molecule is CC(=O)NC(Cc1ccc2c(c1)C(=O)c1ccccc1C2=O)C(C)=O. The summed E-state index contributed by atoms with van der Waals surface area (Å²) in [6.45, 7) is 2.76. The van der Waals surface area contributed by atoms with Crippen LogP contribution in [0.3, 0.4) is 0 Å². The van der Waals surface area contributed by atoms with Crippen LogP contribution in [0.25, 0.3) is 0 Å². The second-order valence-corrected chi connectivity index (χ2v) is 6.15. The van der Waals surface area contributed by atoms with Gasteiger partial charge in [0.1, 0.15) is 0 Å². The number of carbonyl (C=O) groups is 4. The molecule has 1 unspecified atom stereocenters. The van der Waals surface area contributed by atoms with Crippen molar-refractivity contribution in [3.63, 3.8) is 0 Å². The van der Waals surface area contributed by atoms with E-state index in [4.69, 9.17) is 0 Å². The van der Waals surface area contributed by atoms with Crippen LogP contribution in [0.1, 0.15) is 51.3 Å². The summed E-state index contributed by atoms with van der Waals surface area (Å²) in [4.78, 5) is 48.3. The van der Waals surface area contributed by atoms with Gasteiger partial charge in [-0.15, -0.1) is 0 Å². The van der Waals surface area contributed by atoms with Crippen molar-refractivity contribution >= 4 is 23.3 Å². The summed E-state index contributed by atoms with van der Waals surface area (Å²) in [5.74, 6) is -0.841. The number of hydrogen-bond donors (Lipinski definition) is 1. The summed E-state index contributed by atoms with van der Waals surface area (Å²) in [6.07, 6.45) is 0.269. The Bertz CT molecular complexity index is 914. The zero-order valence-electron chi connectivity index (χ0n) is 14.0. The number of carbonyl (C=O) groups excluding carboxylic acids is 4. The van der Waals surface area contributed by atoms with Crippen molar-refractivity contribution in [3.05, 3.63) is 70.3 Å². The van der Waals surface area contributed by atoms with Gasteiger partial charge in [0.15, 0.2) is 17.3 Å². The lowest BCUT2D eigenvalue weighted by Crippen LogP contribution is -2.40. The van der Waals surface area contributed by atoms with Crippen molar-refractivity contribution in [1.29, 1.82) is 0 Å². The summed E-state index contributed by atoms with van der Waals surface area (Å²) in [5.41, 5.74) is 2.22. The Kier molecular flexibility index (Phi) is 4.31. The minimum atomic E-state index is -0.655. The maximum Gasteiger partial charge on any atom is 0.217 e. The molecule has 1 amide bonds. The standard InChI is InChI=1S/C20H17NO4/c1-11(22)18(21-12(2)23)10-13-7-8-16-17(9-13)20(25)15-6-4-3-5-14(15)19(16)24/h3-9,18H,10H2,1-2H3,(H,21,23). The fourth-order valence-electron chi connectivity index (χ4n) is 3.05. The number of Topliss-reactive ketones (excluding diaryl/α,β-unsaturated/α-hetero) is 1. The van der Waals surface area contributed by atoms with E-state index in [-0.39, 0.29) is 29.7 Å². The van der Waals surface area contributed by atoms with Crippen molar-refractivity contribution in [2.24, 2.45) is 0 Å². The second-order valence-electron chi connectivity index (χ2n) is 6.15. The molecule has 0 spiro atoms. The minimum Gasteiger partial charge on any atom is -0.346 e. The number of ketones is 3. The van der Waals surface area contributed by atoms with Gasteiger partial charge in [-0.1, -0.05) is 36.4 Å². The number of rotatable bonds is 4. The largest absolute Gasteiger partial charge is 0.346 e. The molecule has 1 aliphatic carbocycles. The first kappa shape index (κ1) is 16.8. The lowest BCUT2D eigenvalue weighted by atomic mass is 9.83. The fraction of sp³-hybridized carbons (Fsp3) is 0.200. The van der Waals surface area contributed by atoms with Crippen LogP contribution in [0, 0.1) is 0 Å². The van der Waals surface area contributed by atoms with E-state index in [0.29, 0.717) is 27.8 Å². The van der Waals surface area contributed by atoms with Crippen molar-refractivity contribution in [1.82, 2.24) is 5.32 Å². The molecule has 126 valence electrons. The maximum atomic E-state index is 12.7. The number of fused-ring (bicyclic) bond motifs is 2. The third-order valence-electron chi connectivity index (χ3n) is 4.30. The van der Waals surface area contributed by atoms with Crippen molar-refractivity contribution in [3.8, 4) is 0 Å². The molecule has 2 aromatic carbocycles. The normalized spacial score (nSPS) is 13.7. The van der Waals surface area contributed by atoms with Gasteiger partial charge in [-0.3, -0.25) is 19.2 Å². The lowest BCUT2D eigenvalue weighted by Gasteiger charge is -2.19. The fourth-order valence-corrected chi connectivity index (χ4v) is 3.05. The van der Waals surface area contributed by atoms with E-state index >= 15 is 0 Å². The third kappa shape index (κ3) is 3.13. The highest BCUT2D eigenvalue weighted by Gasteiger charge is 2.29. The number of amides is 1. The van der Waals surface area contributed by atoms with Crippen LogP contribution >= 0.6 is 0 Å². The Morgan fingerprint density at radius 2 is 1.44 bits per heavy atom. The Morgan fingerprint density at radius 3 is 2.00 bits per heavy atom. The predicted molar refractivity (Wildman–Crippen MR) is 91.7 cm³/mol. The van der Waals surface area contributed by atoms with E-state index in [1.807, 2.05) is 0 Å². The summed E-state index contributed by atoms with van der Waals surface area (Å²) in [6, 6.07) is 11.1. The molecule has 5 nitrogen and oxygen atoms in total. The molecule has 0 aromatic heterocycles. The molecule has 3 rings (SSSR count). The summed E-state index contributed by atoms with van der Waals surface area (Å²) in [5, 5.41) is 2.60. The van der Waals surface area contributed by atoms with Gasteiger partial charge < -0.3 is 5.32 Å². The Labute approximate surface area is 145 Å². The first-order chi connectivity index (χ1) is 11.9. The maximum absolute atomic E-state index is 12.7. The van der Waals surface area contributed by atoms with Gasteiger partial charge in [-0.25, -0.2) is 0 Å². The van der Waals surface area contributed by atoms with E-state index in [0.717, 1.165) is 0 Å². The van der Waals surface area contributed by atoms with Gasteiger partial charge in [0.25, 0.3) is 0 Å². The van der Waals surface area contributed by atoms with Crippen LogP contribution in [-0.2, 0) is 16.0 Å². The van der Waals surface area contributed by atoms with Crippen LogP contribution < -0.4 is 5.32 Å². The van der Waals surface area contributed by atoms with E-state index in [2.05, 4.69) is 5.32 Å². The van der Waals surface area contributed by atoms with Crippen molar-refractivity contribution < 1.29 is 19.2 Å². The average Bonchev–Trinajstić information content (AvgIpc) is 2.58. The van der Waals surface area contributed by atoms with Gasteiger partial charge in [0.2, 0.25) is 5.91 Å². The lowest BCUT2D eigenvalue weighted by molar-refractivity contribution is -0.125. The molecule has 0 fully saturated rings. The summed E-state index contributed by atoms with van der Waals surface area (Å²) < 4.78 is 0. The number of hydrogen-bond acceptors (Lipinski definition) is 4. The van der Waals surface area contributed by atoms with Crippen molar-refractivity contribution in [2.75, 3.05) is 0 Å². The van der Waals surface area contributed by atoms with E-state index in [1.165, 1.54) is 13.8 Å². The van der Waals surface area contributed by atoms with Gasteiger partial charge >= 0.3 is 0 Å². The average molecular weight is 335 g/mol. The van der Waals surface area contributed by atoms with E-state index in [9.17, 15) is 19.2 Å². The molecular weight excluding hydrogens is 318 g/mol. The van der Waals surface area contributed by atoms with Crippen molar-refractivity contribution in [2.45, 2.75) is 26.3 Å². The molecular formula is C20H17NO4. The molecule has 1 aliphatic rings. The molecule has 1 N–H and O–H groups in total. The monoisotopic (exact) mass is 335 g/mol. The van der Waals surface area contributed by atoms with Crippen LogP contribution in [0.5, 0.6) is 0 Å². The topological polar surface area (TPSA) is 80.3 Å². The molecule has 0 aliphatic heterocycles. The summed E-state index contributed by atoms with van der Waals surface area (Å²) in [7, 11) is 0. The number of nitrogens with one attached hydrogen (secondary N) is 1. The highest BCUT2D eigenvalue weighted by atomic mass is 16.2. The zero-order valence-corrected chi connectivity index (χ0v) is 14.0. The zero-order chi connectivity index (χ0) is 18.1. The smallest absolute Gasteiger partial charge is 0.217 e. The Balaban J connectivity index is 1.97. The minimum absolute atomic E-state index is 0.166. The van der Waals surface area contributed by atoms with Gasteiger partial charge in [-0.2, -0.15) is 0 Å². The van der Waals surface area contributed by atoms with Gasteiger partial charge in [0, 0.05) is 29.2 Å².